The van der Waals surface area contributed by atoms with E-state index in [1.165, 1.54) is 28.6 Å². The minimum atomic E-state index is -3.66. The van der Waals surface area contributed by atoms with Crippen molar-refractivity contribution in [1.29, 1.82) is 0 Å². The van der Waals surface area contributed by atoms with E-state index in [0.717, 1.165) is 19.3 Å². The summed E-state index contributed by atoms with van der Waals surface area (Å²) in [6.45, 7) is 4.49. The molecular formula is C20H28N2O6S. The average Bonchev–Trinajstić information content (AvgIpc) is 2.72. The summed E-state index contributed by atoms with van der Waals surface area (Å²) < 4.78 is 37.6. The summed E-state index contributed by atoms with van der Waals surface area (Å²) in [6, 6.07) is 4.37. The molecule has 1 amide bonds. The highest BCUT2D eigenvalue weighted by Gasteiger charge is 2.27. The molecule has 1 aliphatic rings. The molecule has 2 rings (SSSR count). The lowest BCUT2D eigenvalue weighted by Gasteiger charge is -2.26. The number of ether oxygens (including phenoxy) is 2. The third kappa shape index (κ3) is 6.57. The number of nitrogens with one attached hydrogen (secondary N) is 1. The second-order valence-electron chi connectivity index (χ2n) is 6.52. The highest BCUT2D eigenvalue weighted by atomic mass is 32.2. The van der Waals surface area contributed by atoms with Gasteiger partial charge in [0.1, 0.15) is 5.75 Å². The van der Waals surface area contributed by atoms with Gasteiger partial charge in [0.15, 0.2) is 6.61 Å². The summed E-state index contributed by atoms with van der Waals surface area (Å²) in [6.07, 6.45) is 6.24. The number of hydrogen-bond donors (Lipinski definition) is 1. The van der Waals surface area contributed by atoms with Gasteiger partial charge in [0, 0.05) is 19.2 Å². The first-order valence-electron chi connectivity index (χ1n) is 9.78. The van der Waals surface area contributed by atoms with E-state index in [4.69, 9.17) is 9.47 Å². The number of carbonyl (C=O) groups is 2. The third-order valence-corrected chi connectivity index (χ3v) is 6.21. The number of rotatable bonds is 9. The van der Waals surface area contributed by atoms with Crippen molar-refractivity contribution < 1.29 is 27.5 Å². The number of piperidine rings is 1. The predicted molar refractivity (Wildman–Crippen MR) is 109 cm³/mol. The fraction of sp³-hybridized carbons (Fsp3) is 0.500. The summed E-state index contributed by atoms with van der Waals surface area (Å²) in [5.74, 6) is -0.860. The number of esters is 1. The Morgan fingerprint density at radius 1 is 1.17 bits per heavy atom. The molecule has 1 aliphatic heterocycles. The molecule has 0 aromatic heterocycles. The van der Waals surface area contributed by atoms with Crippen LogP contribution in [0.15, 0.2) is 35.2 Å². The van der Waals surface area contributed by atoms with Crippen LogP contribution in [0.4, 0.5) is 5.69 Å². The van der Waals surface area contributed by atoms with Gasteiger partial charge in [0.25, 0.3) is 5.91 Å². The maximum absolute atomic E-state index is 12.9. The molecule has 0 spiro atoms. The van der Waals surface area contributed by atoms with Gasteiger partial charge in [-0.15, -0.1) is 0 Å². The van der Waals surface area contributed by atoms with Crippen molar-refractivity contribution in [3.05, 3.63) is 30.4 Å². The van der Waals surface area contributed by atoms with Crippen molar-refractivity contribution >= 4 is 27.6 Å². The summed E-state index contributed by atoms with van der Waals surface area (Å²) in [5, 5.41) is 2.57. The van der Waals surface area contributed by atoms with Crippen LogP contribution >= 0.6 is 0 Å². The number of nitrogens with zero attached hydrogens (tertiary/aromatic N) is 1. The Balaban J connectivity index is 2.16. The average molecular weight is 425 g/mol. The molecule has 0 bridgehead atoms. The van der Waals surface area contributed by atoms with Crippen LogP contribution < -0.4 is 10.1 Å². The fourth-order valence-electron chi connectivity index (χ4n) is 2.89. The maximum Gasteiger partial charge on any atom is 0.330 e. The van der Waals surface area contributed by atoms with Crippen LogP contribution in [0.1, 0.15) is 39.5 Å². The number of hydrogen-bond acceptors (Lipinski definition) is 6. The van der Waals surface area contributed by atoms with E-state index in [-0.39, 0.29) is 10.6 Å². The maximum atomic E-state index is 12.9. The molecule has 9 heteroatoms. The molecule has 1 heterocycles. The topological polar surface area (TPSA) is 102 Å². The molecule has 1 aromatic carbocycles. The summed E-state index contributed by atoms with van der Waals surface area (Å²) in [5.41, 5.74) is 0.218. The van der Waals surface area contributed by atoms with Gasteiger partial charge in [-0.1, -0.05) is 19.4 Å². The first-order chi connectivity index (χ1) is 13.9. The second-order valence-corrected chi connectivity index (χ2v) is 8.46. The molecule has 160 valence electrons. The van der Waals surface area contributed by atoms with Crippen LogP contribution in [0.5, 0.6) is 5.75 Å². The normalized spacial score (nSPS) is 15.2. The van der Waals surface area contributed by atoms with E-state index in [0.29, 0.717) is 31.9 Å². The summed E-state index contributed by atoms with van der Waals surface area (Å²) in [4.78, 5) is 23.8. The smallest absolute Gasteiger partial charge is 0.330 e. The Labute approximate surface area is 171 Å². The Hall–Kier alpha value is -2.39. The monoisotopic (exact) mass is 424 g/mol. The van der Waals surface area contributed by atoms with Crippen LogP contribution in [0.2, 0.25) is 0 Å². The zero-order chi connectivity index (χ0) is 21.3. The van der Waals surface area contributed by atoms with Crippen molar-refractivity contribution in [1.82, 2.24) is 4.31 Å². The van der Waals surface area contributed by atoms with Crippen molar-refractivity contribution in [2.75, 3.05) is 31.6 Å². The molecule has 1 fully saturated rings. The van der Waals surface area contributed by atoms with Crippen molar-refractivity contribution in [3.63, 3.8) is 0 Å². The largest absolute Gasteiger partial charge is 0.492 e. The van der Waals surface area contributed by atoms with Crippen LogP contribution in [-0.4, -0.2) is 50.9 Å². The van der Waals surface area contributed by atoms with Gasteiger partial charge in [-0.2, -0.15) is 4.31 Å². The standard InChI is InChI=1S/C20H28N2O6S/c1-3-5-9-20(24)28-15-19(23)21-17-14-16(10-11-18(17)27-4-2)29(25,26)22-12-7-6-8-13-22/h5,9-11,14H,3-4,6-8,12-13,15H2,1-2H3,(H,21,23)/b9-5+. The Morgan fingerprint density at radius 2 is 1.90 bits per heavy atom. The highest BCUT2D eigenvalue weighted by Crippen LogP contribution is 2.30. The zero-order valence-electron chi connectivity index (χ0n) is 16.8. The van der Waals surface area contributed by atoms with Gasteiger partial charge >= 0.3 is 5.97 Å². The third-order valence-electron chi connectivity index (χ3n) is 4.31. The number of sulfonamides is 1. The molecule has 1 saturated heterocycles. The molecule has 1 aromatic rings. The van der Waals surface area contributed by atoms with Crippen LogP contribution in [0.25, 0.3) is 0 Å². The molecular weight excluding hydrogens is 396 g/mol. The van der Waals surface area contributed by atoms with E-state index in [1.807, 2.05) is 6.92 Å². The van der Waals surface area contributed by atoms with Crippen LogP contribution in [0.3, 0.4) is 0 Å². The quantitative estimate of drug-likeness (QED) is 0.483. The van der Waals surface area contributed by atoms with Crippen LogP contribution in [0, 0.1) is 0 Å². The minimum absolute atomic E-state index is 0.0843. The van der Waals surface area contributed by atoms with Crippen molar-refractivity contribution in [2.45, 2.75) is 44.4 Å². The number of anilines is 1. The van der Waals surface area contributed by atoms with Gasteiger partial charge in [-0.25, -0.2) is 13.2 Å². The molecule has 0 saturated carbocycles. The highest BCUT2D eigenvalue weighted by molar-refractivity contribution is 7.89. The van der Waals surface area contributed by atoms with Gasteiger partial charge in [0.2, 0.25) is 10.0 Å². The first kappa shape index (κ1) is 22.9. The first-order valence-corrected chi connectivity index (χ1v) is 11.2. The van der Waals surface area contributed by atoms with Crippen molar-refractivity contribution in [3.8, 4) is 5.75 Å². The van der Waals surface area contributed by atoms with Gasteiger partial charge < -0.3 is 14.8 Å². The fourth-order valence-corrected chi connectivity index (χ4v) is 4.43. The molecule has 1 N–H and O–H groups in total. The Bertz CT molecular complexity index is 845. The summed E-state index contributed by atoms with van der Waals surface area (Å²) in [7, 11) is -3.66. The SMILES string of the molecule is CC/C=C/C(=O)OCC(=O)Nc1cc(S(=O)(=O)N2CCCCC2)ccc1OCC. The Morgan fingerprint density at radius 3 is 2.55 bits per heavy atom. The number of benzene rings is 1. The van der Waals surface area contributed by atoms with E-state index in [1.54, 1.807) is 13.0 Å². The molecule has 29 heavy (non-hydrogen) atoms. The molecule has 8 nitrogen and oxygen atoms in total. The molecule has 0 aliphatic carbocycles. The number of amides is 1. The van der Waals surface area contributed by atoms with E-state index in [2.05, 4.69) is 5.32 Å². The lowest BCUT2D eigenvalue weighted by molar-refractivity contribution is -0.142. The van der Waals surface area contributed by atoms with E-state index < -0.39 is 28.5 Å². The lowest BCUT2D eigenvalue weighted by Crippen LogP contribution is -2.35. The molecule has 0 radical (unpaired) electrons. The van der Waals surface area contributed by atoms with E-state index >= 15 is 0 Å². The van der Waals surface area contributed by atoms with Crippen LogP contribution in [-0.2, 0) is 24.3 Å². The Kier molecular flexibility index (Phi) is 8.66. The second kappa shape index (κ2) is 11.0. The molecule has 0 unspecified atom stereocenters. The van der Waals surface area contributed by atoms with Gasteiger partial charge in [-0.05, 0) is 44.4 Å². The molecule has 0 atom stereocenters. The number of carbonyl (C=O) groups excluding carboxylic acids is 2. The van der Waals surface area contributed by atoms with Crippen molar-refractivity contribution in [2.24, 2.45) is 0 Å². The van der Waals surface area contributed by atoms with Gasteiger partial charge in [-0.3, -0.25) is 4.79 Å². The summed E-state index contributed by atoms with van der Waals surface area (Å²) >= 11 is 0. The minimum Gasteiger partial charge on any atom is -0.492 e. The predicted octanol–water partition coefficient (Wildman–Crippen LogP) is 2.71. The number of allylic oxidation sites excluding steroid dienone is 1. The lowest BCUT2D eigenvalue weighted by atomic mass is 10.2. The van der Waals surface area contributed by atoms with Gasteiger partial charge in [0.05, 0.1) is 17.2 Å². The zero-order valence-corrected chi connectivity index (χ0v) is 17.7. The van der Waals surface area contributed by atoms with E-state index in [9.17, 15) is 18.0 Å².